The Labute approximate surface area is 260 Å². The number of amides is 2. The molecule has 1 atom stereocenters. The van der Waals surface area contributed by atoms with Gasteiger partial charge in [-0.1, -0.05) is 32.1 Å². The predicted octanol–water partition coefficient (Wildman–Crippen LogP) is 6.20. The fourth-order valence-electron chi connectivity index (χ4n) is 5.99. The maximum atomic E-state index is 12.9. The second-order valence-corrected chi connectivity index (χ2v) is 11.4. The minimum absolute atomic E-state index is 0.0313. The maximum absolute atomic E-state index is 12.9. The number of rotatable bonds is 8. The van der Waals surface area contributed by atoms with E-state index in [2.05, 4.69) is 6.58 Å². The molecule has 2 amide bonds. The quantitative estimate of drug-likeness (QED) is 0.129. The number of imide groups is 1. The third kappa shape index (κ3) is 6.20. The lowest BCUT2D eigenvalue weighted by atomic mass is 9.98. The van der Waals surface area contributed by atoms with Gasteiger partial charge in [-0.25, -0.2) is 14.5 Å². The van der Waals surface area contributed by atoms with Crippen LogP contribution in [-0.2, 0) is 23.9 Å². The number of anilines is 1. The third-order valence-electron chi connectivity index (χ3n) is 8.36. The second kappa shape index (κ2) is 12.4. The number of carbonyl (C=O) groups is 5. The highest BCUT2D eigenvalue weighted by Crippen LogP contribution is 2.47. The Morgan fingerprint density at radius 1 is 0.800 bits per heavy atom. The minimum Gasteiger partial charge on any atom is -0.462 e. The van der Waals surface area contributed by atoms with Gasteiger partial charge in [0.05, 0.1) is 17.7 Å². The average molecular weight is 606 g/mol. The number of nitrogens with zero attached hydrogens (tertiary/aromatic N) is 1. The van der Waals surface area contributed by atoms with Gasteiger partial charge in [-0.2, -0.15) is 0 Å². The van der Waals surface area contributed by atoms with E-state index in [9.17, 15) is 24.0 Å². The Bertz CT molecular complexity index is 1750. The van der Waals surface area contributed by atoms with Crippen molar-refractivity contribution in [3.8, 4) is 22.6 Å². The van der Waals surface area contributed by atoms with Gasteiger partial charge in [0.2, 0.25) is 0 Å². The number of carbonyl (C=O) groups excluding carboxylic acids is 5. The van der Waals surface area contributed by atoms with Crippen LogP contribution >= 0.6 is 0 Å². The van der Waals surface area contributed by atoms with Crippen molar-refractivity contribution < 1.29 is 38.2 Å². The summed E-state index contributed by atoms with van der Waals surface area (Å²) in [6.07, 6.45) is 7.00. The summed E-state index contributed by atoms with van der Waals surface area (Å²) >= 11 is 0. The molecule has 1 fully saturated rings. The van der Waals surface area contributed by atoms with Gasteiger partial charge in [-0.05, 0) is 96.5 Å². The van der Waals surface area contributed by atoms with Crippen LogP contribution in [0.5, 0.6) is 11.5 Å². The molecule has 0 bridgehead atoms. The molecule has 1 heterocycles. The van der Waals surface area contributed by atoms with Gasteiger partial charge in [0.1, 0.15) is 17.6 Å². The van der Waals surface area contributed by atoms with Crippen molar-refractivity contribution in [1.29, 1.82) is 0 Å². The molecular formula is C36H31NO8. The Hall–Kier alpha value is -5.31. The number of fused-ring (bicyclic) bond motifs is 3. The van der Waals surface area contributed by atoms with Gasteiger partial charge in [0, 0.05) is 23.6 Å². The normalized spacial score (nSPS) is 17.1. The van der Waals surface area contributed by atoms with E-state index in [1.165, 1.54) is 36.4 Å². The zero-order valence-corrected chi connectivity index (χ0v) is 24.7. The maximum Gasteiger partial charge on any atom is 0.343 e. The van der Waals surface area contributed by atoms with Crippen molar-refractivity contribution >= 4 is 35.4 Å². The Morgan fingerprint density at radius 2 is 1.38 bits per heavy atom. The number of hydrogen-bond acceptors (Lipinski definition) is 8. The molecular weight excluding hydrogens is 574 g/mol. The van der Waals surface area contributed by atoms with Crippen LogP contribution in [0.4, 0.5) is 5.69 Å². The SMILES string of the molecule is C=C(CC(=O)OC1CCCCC1)C(=O)Oc1ccc2c(c1)C(C)c1cc(OC(=O)c3ccc(N4C(=O)C=CC4=O)cc3)ccc1-2. The summed E-state index contributed by atoms with van der Waals surface area (Å²) in [4.78, 5) is 62.7. The molecule has 1 unspecified atom stereocenters. The standard InChI is InChI=1S/C36H31NO8/c1-21(18-34(40)43-25-6-4-3-5-7-25)35(41)44-26-12-14-28-29-15-13-27(20-31(29)22(2)30(28)19-26)45-36(42)23-8-10-24(11-9-23)37-32(38)16-17-33(37)39/h8-17,19-20,22,25H,1,3-7,18H2,2H3. The summed E-state index contributed by atoms with van der Waals surface area (Å²) in [6.45, 7) is 5.75. The molecule has 1 saturated carbocycles. The summed E-state index contributed by atoms with van der Waals surface area (Å²) < 4.78 is 16.7. The van der Waals surface area contributed by atoms with Crippen molar-refractivity contribution in [2.45, 2.75) is 57.5 Å². The molecule has 45 heavy (non-hydrogen) atoms. The molecule has 9 heteroatoms. The van der Waals surface area contributed by atoms with Crippen LogP contribution in [0.15, 0.2) is 85.0 Å². The molecule has 3 aliphatic rings. The predicted molar refractivity (Wildman–Crippen MR) is 165 cm³/mol. The number of benzene rings is 3. The largest absolute Gasteiger partial charge is 0.462 e. The van der Waals surface area contributed by atoms with E-state index in [1.54, 1.807) is 18.2 Å². The summed E-state index contributed by atoms with van der Waals surface area (Å²) in [7, 11) is 0. The highest BCUT2D eigenvalue weighted by atomic mass is 16.5. The lowest BCUT2D eigenvalue weighted by Gasteiger charge is -2.21. The highest BCUT2D eigenvalue weighted by molar-refractivity contribution is 6.28. The van der Waals surface area contributed by atoms with Gasteiger partial charge in [-0.15, -0.1) is 0 Å². The summed E-state index contributed by atoms with van der Waals surface area (Å²) in [6, 6.07) is 16.8. The van der Waals surface area contributed by atoms with Crippen LogP contribution < -0.4 is 14.4 Å². The first kappa shape index (κ1) is 29.7. The molecule has 0 spiro atoms. The molecule has 3 aromatic carbocycles. The summed E-state index contributed by atoms with van der Waals surface area (Å²) in [5.41, 5.74) is 4.49. The van der Waals surface area contributed by atoms with E-state index >= 15 is 0 Å². The van der Waals surface area contributed by atoms with Gasteiger partial charge in [0.15, 0.2) is 0 Å². The summed E-state index contributed by atoms with van der Waals surface area (Å²) in [5.74, 6) is -2.00. The number of esters is 3. The van der Waals surface area contributed by atoms with Gasteiger partial charge in [0.25, 0.3) is 11.8 Å². The Balaban J connectivity index is 1.08. The summed E-state index contributed by atoms with van der Waals surface area (Å²) in [5, 5.41) is 0. The van der Waals surface area contributed by atoms with Gasteiger partial charge in [-0.3, -0.25) is 14.4 Å². The van der Waals surface area contributed by atoms with Crippen LogP contribution in [-0.4, -0.2) is 35.8 Å². The second-order valence-electron chi connectivity index (χ2n) is 11.4. The fourth-order valence-corrected chi connectivity index (χ4v) is 5.99. The Kier molecular flexibility index (Phi) is 8.17. The van der Waals surface area contributed by atoms with Crippen molar-refractivity contribution in [3.63, 3.8) is 0 Å². The zero-order valence-electron chi connectivity index (χ0n) is 24.7. The van der Waals surface area contributed by atoms with Crippen molar-refractivity contribution in [1.82, 2.24) is 0 Å². The smallest absolute Gasteiger partial charge is 0.343 e. The number of ether oxygens (including phenoxy) is 3. The van der Waals surface area contributed by atoms with Crippen LogP contribution in [0.2, 0.25) is 0 Å². The van der Waals surface area contributed by atoms with Crippen molar-refractivity contribution in [3.05, 3.63) is 102 Å². The first-order chi connectivity index (χ1) is 21.7. The molecule has 2 aliphatic carbocycles. The van der Waals surface area contributed by atoms with E-state index in [-0.39, 0.29) is 29.6 Å². The fraction of sp³-hybridized carbons (Fsp3) is 0.250. The van der Waals surface area contributed by atoms with Gasteiger partial charge >= 0.3 is 17.9 Å². The van der Waals surface area contributed by atoms with Gasteiger partial charge < -0.3 is 14.2 Å². The van der Waals surface area contributed by atoms with E-state index in [1.807, 2.05) is 25.1 Å². The lowest BCUT2D eigenvalue weighted by molar-refractivity contribution is -0.150. The average Bonchev–Trinajstić information content (AvgIpc) is 3.51. The van der Waals surface area contributed by atoms with E-state index in [4.69, 9.17) is 14.2 Å². The molecule has 3 aromatic rings. The molecule has 0 saturated heterocycles. The number of hydrogen-bond donors (Lipinski definition) is 0. The first-order valence-corrected chi connectivity index (χ1v) is 14.9. The molecule has 228 valence electrons. The Morgan fingerprint density at radius 3 is 1.98 bits per heavy atom. The van der Waals surface area contributed by atoms with Crippen molar-refractivity contribution in [2.24, 2.45) is 0 Å². The molecule has 1 aliphatic heterocycles. The zero-order chi connectivity index (χ0) is 31.7. The molecule has 0 aromatic heterocycles. The first-order valence-electron chi connectivity index (χ1n) is 14.9. The van der Waals surface area contributed by atoms with Crippen LogP contribution in [0.1, 0.15) is 72.9 Å². The third-order valence-corrected chi connectivity index (χ3v) is 8.36. The van der Waals surface area contributed by atoms with E-state index < -0.39 is 29.7 Å². The monoisotopic (exact) mass is 605 g/mol. The van der Waals surface area contributed by atoms with Crippen LogP contribution in [0, 0.1) is 0 Å². The molecule has 0 radical (unpaired) electrons. The van der Waals surface area contributed by atoms with Crippen LogP contribution in [0.3, 0.4) is 0 Å². The lowest BCUT2D eigenvalue weighted by Crippen LogP contribution is -2.29. The molecule has 6 rings (SSSR count). The van der Waals surface area contributed by atoms with E-state index in [0.29, 0.717) is 17.2 Å². The molecule has 9 nitrogen and oxygen atoms in total. The topological polar surface area (TPSA) is 116 Å². The minimum atomic E-state index is -0.684. The van der Waals surface area contributed by atoms with E-state index in [0.717, 1.165) is 59.3 Å². The van der Waals surface area contributed by atoms with Crippen molar-refractivity contribution in [2.75, 3.05) is 4.90 Å². The van der Waals surface area contributed by atoms with Crippen LogP contribution in [0.25, 0.3) is 11.1 Å². The highest BCUT2D eigenvalue weighted by Gasteiger charge is 2.28. The molecule has 0 N–H and O–H groups in total.